The summed E-state index contributed by atoms with van der Waals surface area (Å²) in [5.41, 5.74) is 4.36. The van der Waals surface area contributed by atoms with Crippen molar-refractivity contribution >= 4 is 5.69 Å². The van der Waals surface area contributed by atoms with Crippen molar-refractivity contribution in [2.45, 2.75) is 19.8 Å². The summed E-state index contributed by atoms with van der Waals surface area (Å²) in [6.45, 7) is 9.44. The summed E-state index contributed by atoms with van der Waals surface area (Å²) < 4.78 is 0. The molecule has 1 aromatic carbocycles. The molecule has 1 saturated heterocycles. The third-order valence-corrected chi connectivity index (χ3v) is 4.24. The van der Waals surface area contributed by atoms with Crippen molar-refractivity contribution in [3.63, 3.8) is 0 Å². The van der Waals surface area contributed by atoms with E-state index >= 15 is 0 Å². The highest BCUT2D eigenvalue weighted by Crippen LogP contribution is 2.24. The van der Waals surface area contributed by atoms with Gasteiger partial charge in [0.05, 0.1) is 0 Å². The molecule has 0 amide bonds. The van der Waals surface area contributed by atoms with E-state index in [0.29, 0.717) is 0 Å². The van der Waals surface area contributed by atoms with E-state index in [1.807, 2.05) is 0 Å². The van der Waals surface area contributed by atoms with Gasteiger partial charge in [0.15, 0.2) is 0 Å². The van der Waals surface area contributed by atoms with Crippen LogP contribution in [-0.4, -0.2) is 44.2 Å². The largest absolute Gasteiger partial charge is 0.384 e. The van der Waals surface area contributed by atoms with Gasteiger partial charge in [0, 0.05) is 45.0 Å². The second-order valence-corrected chi connectivity index (χ2v) is 6.03. The minimum Gasteiger partial charge on any atom is -0.384 e. The van der Waals surface area contributed by atoms with Gasteiger partial charge in [0.25, 0.3) is 0 Å². The Morgan fingerprint density at radius 3 is 2.89 bits per heavy atom. The highest BCUT2D eigenvalue weighted by Gasteiger charge is 2.15. The third-order valence-electron chi connectivity index (χ3n) is 4.24. The molecule has 2 aliphatic rings. The second kappa shape index (κ2) is 5.93. The predicted molar refractivity (Wildman–Crippen MR) is 80.8 cm³/mol. The van der Waals surface area contributed by atoms with Gasteiger partial charge in [-0.05, 0) is 36.0 Å². The van der Waals surface area contributed by atoms with Gasteiger partial charge in [0.1, 0.15) is 0 Å². The van der Waals surface area contributed by atoms with Crippen molar-refractivity contribution in [1.29, 1.82) is 0 Å². The molecule has 1 fully saturated rings. The molecule has 0 aromatic heterocycles. The number of benzene rings is 1. The van der Waals surface area contributed by atoms with Crippen molar-refractivity contribution < 1.29 is 0 Å². The molecule has 3 nitrogen and oxygen atoms in total. The van der Waals surface area contributed by atoms with Crippen molar-refractivity contribution in [3.05, 3.63) is 29.3 Å². The van der Waals surface area contributed by atoms with E-state index < -0.39 is 0 Å². The first-order valence-electron chi connectivity index (χ1n) is 7.60. The van der Waals surface area contributed by atoms with Gasteiger partial charge in [-0.1, -0.05) is 19.1 Å². The molecule has 1 unspecified atom stereocenters. The van der Waals surface area contributed by atoms with Crippen LogP contribution in [-0.2, 0) is 12.8 Å². The zero-order chi connectivity index (χ0) is 13.1. The van der Waals surface area contributed by atoms with E-state index in [4.69, 9.17) is 0 Å². The summed E-state index contributed by atoms with van der Waals surface area (Å²) in [7, 11) is 0. The van der Waals surface area contributed by atoms with Crippen LogP contribution >= 0.6 is 0 Å². The van der Waals surface area contributed by atoms with Crippen LogP contribution in [0.1, 0.15) is 18.1 Å². The summed E-state index contributed by atoms with van der Waals surface area (Å²) >= 11 is 0. The first-order valence-corrected chi connectivity index (χ1v) is 7.60. The normalized spacial score (nSPS) is 20.9. The quantitative estimate of drug-likeness (QED) is 0.862. The first kappa shape index (κ1) is 12.9. The van der Waals surface area contributed by atoms with E-state index in [1.54, 1.807) is 0 Å². The highest BCUT2D eigenvalue weighted by atomic mass is 15.2. The highest BCUT2D eigenvalue weighted by molar-refractivity contribution is 5.56. The minimum absolute atomic E-state index is 0.741. The Kier molecular flexibility index (Phi) is 4.04. The number of nitrogens with zero attached hydrogens (tertiary/aromatic N) is 1. The zero-order valence-corrected chi connectivity index (χ0v) is 11.9. The summed E-state index contributed by atoms with van der Waals surface area (Å²) in [6.07, 6.45) is 2.40. The molecule has 2 N–H and O–H groups in total. The lowest BCUT2D eigenvalue weighted by Crippen LogP contribution is -2.45. The standard InChI is InChI=1S/C16H25N3/c1-13(12-19-8-6-17-7-9-19)10-14-2-3-16-15(11-14)4-5-18-16/h2-3,11,13,17-18H,4-10,12H2,1H3. The molecule has 19 heavy (non-hydrogen) atoms. The SMILES string of the molecule is CC(Cc1ccc2c(c1)CCN2)CN1CCNCC1. The average Bonchev–Trinajstić information content (AvgIpc) is 2.87. The number of fused-ring (bicyclic) bond motifs is 1. The second-order valence-electron chi connectivity index (χ2n) is 6.03. The Morgan fingerprint density at radius 1 is 1.21 bits per heavy atom. The molecule has 0 aliphatic carbocycles. The summed E-state index contributed by atoms with van der Waals surface area (Å²) in [5.74, 6) is 0.741. The lowest BCUT2D eigenvalue weighted by Gasteiger charge is -2.29. The fourth-order valence-corrected chi connectivity index (χ4v) is 3.29. The van der Waals surface area contributed by atoms with E-state index in [2.05, 4.69) is 40.7 Å². The Hall–Kier alpha value is -1.06. The minimum atomic E-state index is 0.741. The molecule has 2 heterocycles. The fraction of sp³-hybridized carbons (Fsp3) is 0.625. The maximum Gasteiger partial charge on any atom is 0.0373 e. The monoisotopic (exact) mass is 259 g/mol. The lowest BCUT2D eigenvalue weighted by molar-refractivity contribution is 0.211. The molecular weight excluding hydrogens is 234 g/mol. The molecule has 3 heteroatoms. The van der Waals surface area contributed by atoms with Crippen molar-refractivity contribution in [2.24, 2.45) is 5.92 Å². The van der Waals surface area contributed by atoms with E-state index in [9.17, 15) is 0 Å². The number of anilines is 1. The van der Waals surface area contributed by atoms with Crippen LogP contribution in [0, 0.1) is 5.92 Å². The Balaban J connectivity index is 1.55. The zero-order valence-electron chi connectivity index (χ0n) is 11.9. The van der Waals surface area contributed by atoms with Crippen LogP contribution in [0.3, 0.4) is 0 Å². The molecule has 1 atom stereocenters. The third kappa shape index (κ3) is 3.28. The maximum absolute atomic E-state index is 3.43. The number of piperazine rings is 1. The van der Waals surface area contributed by atoms with Crippen molar-refractivity contribution in [3.8, 4) is 0 Å². The maximum atomic E-state index is 3.43. The lowest BCUT2D eigenvalue weighted by atomic mass is 9.98. The van der Waals surface area contributed by atoms with Crippen LogP contribution in [0.15, 0.2) is 18.2 Å². The van der Waals surface area contributed by atoms with E-state index in [-0.39, 0.29) is 0 Å². The van der Waals surface area contributed by atoms with Gasteiger partial charge < -0.3 is 15.5 Å². The van der Waals surface area contributed by atoms with E-state index in [0.717, 1.165) is 25.6 Å². The molecule has 1 aromatic rings. The molecule has 0 spiro atoms. The first-order chi connectivity index (χ1) is 9.31. The average molecular weight is 259 g/mol. The Morgan fingerprint density at radius 2 is 2.05 bits per heavy atom. The van der Waals surface area contributed by atoms with Gasteiger partial charge in [-0.15, -0.1) is 0 Å². The van der Waals surface area contributed by atoms with Gasteiger partial charge in [-0.2, -0.15) is 0 Å². The Bertz CT molecular complexity index is 424. The molecule has 0 radical (unpaired) electrons. The molecular formula is C16H25N3. The van der Waals surface area contributed by atoms with Crippen LogP contribution < -0.4 is 10.6 Å². The van der Waals surface area contributed by atoms with Gasteiger partial charge in [-0.3, -0.25) is 0 Å². The molecule has 0 bridgehead atoms. The molecule has 104 valence electrons. The van der Waals surface area contributed by atoms with Gasteiger partial charge in [0.2, 0.25) is 0 Å². The van der Waals surface area contributed by atoms with Crippen LogP contribution in [0.4, 0.5) is 5.69 Å². The smallest absolute Gasteiger partial charge is 0.0373 e. The molecule has 3 rings (SSSR count). The summed E-state index contributed by atoms with van der Waals surface area (Å²) in [4.78, 5) is 2.59. The van der Waals surface area contributed by atoms with E-state index in [1.165, 1.54) is 49.3 Å². The molecule has 2 aliphatic heterocycles. The topological polar surface area (TPSA) is 27.3 Å². The fourth-order valence-electron chi connectivity index (χ4n) is 3.29. The number of hydrogen-bond acceptors (Lipinski definition) is 3. The van der Waals surface area contributed by atoms with Gasteiger partial charge >= 0.3 is 0 Å². The number of hydrogen-bond donors (Lipinski definition) is 2. The van der Waals surface area contributed by atoms with Crippen LogP contribution in [0.25, 0.3) is 0 Å². The van der Waals surface area contributed by atoms with Crippen LogP contribution in [0.5, 0.6) is 0 Å². The number of rotatable bonds is 4. The van der Waals surface area contributed by atoms with Crippen molar-refractivity contribution in [2.75, 3.05) is 44.6 Å². The predicted octanol–water partition coefficient (Wildman–Crippen LogP) is 1.74. The summed E-state index contributed by atoms with van der Waals surface area (Å²) in [5, 5.41) is 6.85. The van der Waals surface area contributed by atoms with Crippen molar-refractivity contribution in [1.82, 2.24) is 10.2 Å². The van der Waals surface area contributed by atoms with Gasteiger partial charge in [-0.25, -0.2) is 0 Å². The summed E-state index contributed by atoms with van der Waals surface area (Å²) in [6, 6.07) is 6.96. The Labute approximate surface area is 116 Å². The molecule has 0 saturated carbocycles. The number of nitrogens with one attached hydrogen (secondary N) is 2. The van der Waals surface area contributed by atoms with Crippen LogP contribution in [0.2, 0.25) is 0 Å².